The molecule has 0 aliphatic carbocycles. The van der Waals surface area contributed by atoms with Gasteiger partial charge in [-0.05, 0) is 12.1 Å². The van der Waals surface area contributed by atoms with Crippen molar-refractivity contribution in [1.29, 1.82) is 0 Å². The maximum atomic E-state index is 11.0. The summed E-state index contributed by atoms with van der Waals surface area (Å²) in [6.45, 7) is 1.20. The summed E-state index contributed by atoms with van der Waals surface area (Å²) in [5.41, 5.74) is 0.382. The zero-order valence-electron chi connectivity index (χ0n) is 6.61. The molecule has 66 valence electrons. The first-order valence-corrected chi connectivity index (χ1v) is 3.48. The van der Waals surface area contributed by atoms with E-state index in [1.807, 2.05) is 0 Å². The average Bonchev–Trinajstić information content (AvgIpc) is 2.05. The molecule has 0 aliphatic rings. The van der Waals surface area contributed by atoms with E-state index in [9.17, 15) is 9.59 Å². The Morgan fingerprint density at radius 1 is 1.15 bits per heavy atom. The van der Waals surface area contributed by atoms with Crippen molar-refractivity contribution < 1.29 is 14.3 Å². The summed E-state index contributed by atoms with van der Waals surface area (Å²) in [4.78, 5) is 21.4. The van der Waals surface area contributed by atoms with Gasteiger partial charge in [-0.15, -0.1) is 0 Å². The van der Waals surface area contributed by atoms with Gasteiger partial charge >= 0.3 is 49.7 Å². The first kappa shape index (κ1) is 12.6. The Hall–Kier alpha value is -0.380. The molecule has 0 N–H and O–H groups in total. The summed E-state index contributed by atoms with van der Waals surface area (Å²) in [6.07, 6.45) is 0. The van der Waals surface area contributed by atoms with E-state index in [-0.39, 0.29) is 37.7 Å². The van der Waals surface area contributed by atoms with Crippen LogP contribution in [-0.2, 0) is 9.53 Å². The minimum atomic E-state index is -0.608. The molecule has 1 aromatic rings. The van der Waals surface area contributed by atoms with Crippen molar-refractivity contribution in [3.05, 3.63) is 35.9 Å². The van der Waals surface area contributed by atoms with Crippen LogP contribution in [0.15, 0.2) is 30.3 Å². The number of hydrogen-bond acceptors (Lipinski definition) is 3. The van der Waals surface area contributed by atoms with Crippen molar-refractivity contribution in [2.45, 2.75) is 6.92 Å². The van der Waals surface area contributed by atoms with Gasteiger partial charge in [0, 0.05) is 6.92 Å². The quantitative estimate of drug-likeness (QED) is 0.381. The third-order valence-electron chi connectivity index (χ3n) is 1.25. The molecular weight excluding hydrogens is 196 g/mol. The predicted molar refractivity (Wildman–Crippen MR) is 51.1 cm³/mol. The van der Waals surface area contributed by atoms with E-state index in [1.165, 1.54) is 6.92 Å². The molecule has 0 saturated heterocycles. The van der Waals surface area contributed by atoms with Crippen molar-refractivity contribution in [3.63, 3.8) is 0 Å². The molecule has 0 heterocycles. The maximum absolute atomic E-state index is 11.0. The number of hydrogen-bond donors (Lipinski definition) is 0. The second kappa shape index (κ2) is 6.13. The molecule has 13 heavy (non-hydrogen) atoms. The fraction of sp³-hybridized carbons (Fsp3) is 0.111. The number of benzene rings is 1. The van der Waals surface area contributed by atoms with Gasteiger partial charge in [-0.3, -0.25) is 4.79 Å². The Kier molecular flexibility index (Phi) is 5.95. The summed E-state index contributed by atoms with van der Waals surface area (Å²) in [5.74, 6) is -1.20. The number of carbonyl (C=O) groups excluding carboxylic acids is 2. The Labute approximate surface area is 106 Å². The zero-order valence-corrected chi connectivity index (χ0v) is 6.61. The summed E-state index contributed by atoms with van der Waals surface area (Å²) in [6, 6.07) is 8.37. The molecule has 0 spiro atoms. The van der Waals surface area contributed by atoms with Crippen LogP contribution in [0.4, 0.5) is 0 Å². The van der Waals surface area contributed by atoms with Crippen LogP contribution >= 0.6 is 0 Å². The number of carbonyl (C=O) groups is 2. The predicted octanol–water partition coefficient (Wildman–Crippen LogP) is 0.474. The number of rotatable bonds is 1. The van der Waals surface area contributed by atoms with E-state index in [1.54, 1.807) is 30.3 Å². The Morgan fingerprint density at radius 2 is 1.69 bits per heavy atom. The monoisotopic (exact) mass is 206 g/mol. The van der Waals surface area contributed by atoms with Crippen LogP contribution < -0.4 is 0 Å². The van der Waals surface area contributed by atoms with Crippen molar-refractivity contribution in [1.82, 2.24) is 0 Å². The van der Waals surface area contributed by atoms with E-state index in [4.69, 9.17) is 0 Å². The standard InChI is InChI=1S/C9H8O3.Ca.2H/c1-7(10)12-9(11)8-5-3-2-4-6-8;;;/h2-6H,1H3;;;. The topological polar surface area (TPSA) is 43.4 Å². The van der Waals surface area contributed by atoms with Crippen LogP contribution in [0.25, 0.3) is 0 Å². The molecule has 3 nitrogen and oxygen atoms in total. The third-order valence-corrected chi connectivity index (χ3v) is 1.25. The fourth-order valence-corrected chi connectivity index (χ4v) is 0.764. The van der Waals surface area contributed by atoms with Gasteiger partial charge < -0.3 is 4.74 Å². The van der Waals surface area contributed by atoms with Gasteiger partial charge in [-0.1, -0.05) is 18.2 Å². The average molecular weight is 206 g/mol. The van der Waals surface area contributed by atoms with Crippen LogP contribution in [0.2, 0.25) is 0 Å². The van der Waals surface area contributed by atoms with Gasteiger partial charge in [0.15, 0.2) is 0 Å². The van der Waals surface area contributed by atoms with E-state index in [0.717, 1.165) is 0 Å². The molecular formula is C9H10CaO3. The Bertz CT molecular complexity index is 295. The van der Waals surface area contributed by atoms with Crippen molar-refractivity contribution in [3.8, 4) is 0 Å². The molecule has 0 bridgehead atoms. The molecule has 4 heteroatoms. The van der Waals surface area contributed by atoms with Crippen molar-refractivity contribution in [2.24, 2.45) is 0 Å². The molecule has 0 unspecified atom stereocenters. The summed E-state index contributed by atoms with van der Waals surface area (Å²) in [7, 11) is 0. The van der Waals surface area contributed by atoms with Gasteiger partial charge in [0.05, 0.1) is 5.56 Å². The molecule has 1 rings (SSSR count). The first-order valence-electron chi connectivity index (χ1n) is 3.48. The van der Waals surface area contributed by atoms with E-state index >= 15 is 0 Å². The summed E-state index contributed by atoms with van der Waals surface area (Å²) in [5, 5.41) is 0. The number of esters is 2. The minimum absolute atomic E-state index is 0. The van der Waals surface area contributed by atoms with E-state index < -0.39 is 11.9 Å². The molecule has 0 aromatic heterocycles. The molecule has 0 atom stereocenters. The molecule has 0 amide bonds. The normalized spacial score (nSPS) is 8.38. The molecule has 0 radical (unpaired) electrons. The van der Waals surface area contributed by atoms with Crippen molar-refractivity contribution >= 4 is 49.7 Å². The van der Waals surface area contributed by atoms with Gasteiger partial charge in [0.2, 0.25) is 0 Å². The van der Waals surface area contributed by atoms with Crippen molar-refractivity contribution in [2.75, 3.05) is 0 Å². The SMILES string of the molecule is CC(=O)OC(=O)c1ccccc1.[CaH2]. The van der Waals surface area contributed by atoms with Crippen LogP contribution in [-0.4, -0.2) is 49.7 Å². The molecule has 0 saturated carbocycles. The second-order valence-electron chi connectivity index (χ2n) is 2.25. The summed E-state index contributed by atoms with van der Waals surface area (Å²) < 4.78 is 4.36. The van der Waals surface area contributed by atoms with Gasteiger partial charge in [-0.25, -0.2) is 4.79 Å². The van der Waals surface area contributed by atoms with Gasteiger partial charge in [0.1, 0.15) is 0 Å². The van der Waals surface area contributed by atoms with Crippen LogP contribution in [0, 0.1) is 0 Å². The third kappa shape index (κ3) is 4.41. The molecule has 0 aliphatic heterocycles. The Balaban J connectivity index is 0.00000144. The van der Waals surface area contributed by atoms with Gasteiger partial charge in [0.25, 0.3) is 0 Å². The summed E-state index contributed by atoms with van der Waals surface area (Å²) >= 11 is 0. The van der Waals surface area contributed by atoms with Crippen LogP contribution in [0.3, 0.4) is 0 Å². The van der Waals surface area contributed by atoms with Gasteiger partial charge in [-0.2, -0.15) is 0 Å². The van der Waals surface area contributed by atoms with Crippen LogP contribution in [0.1, 0.15) is 17.3 Å². The second-order valence-corrected chi connectivity index (χ2v) is 2.25. The van der Waals surface area contributed by atoms with Crippen LogP contribution in [0.5, 0.6) is 0 Å². The zero-order chi connectivity index (χ0) is 8.97. The number of ether oxygens (including phenoxy) is 1. The van der Waals surface area contributed by atoms with E-state index in [2.05, 4.69) is 4.74 Å². The molecule has 1 aromatic carbocycles. The van der Waals surface area contributed by atoms with E-state index in [0.29, 0.717) is 5.56 Å². The molecule has 0 fully saturated rings. The Morgan fingerprint density at radius 3 is 2.15 bits per heavy atom. The fourth-order valence-electron chi connectivity index (χ4n) is 0.764. The first-order chi connectivity index (χ1) is 5.70.